The Hall–Kier alpha value is -2.49. The Bertz CT molecular complexity index is 944. The van der Waals surface area contributed by atoms with E-state index in [9.17, 15) is 5.11 Å². The van der Waals surface area contributed by atoms with Crippen molar-refractivity contribution in [3.8, 4) is 11.1 Å². The second kappa shape index (κ2) is 7.16. The average molecular weight is 370 g/mol. The van der Waals surface area contributed by atoms with E-state index < -0.39 is 0 Å². The molecule has 0 unspecified atom stereocenters. The summed E-state index contributed by atoms with van der Waals surface area (Å²) in [6, 6.07) is 21.5. The van der Waals surface area contributed by atoms with Crippen LogP contribution in [0.25, 0.3) is 11.1 Å². The molecular weight excluding hydrogens is 344 g/mol. The normalized spacial score (nSPS) is 21.0. The number of benzene rings is 2. The molecule has 3 nitrogen and oxygen atoms in total. The number of pyridine rings is 1. The second-order valence-corrected chi connectivity index (χ2v) is 8.25. The summed E-state index contributed by atoms with van der Waals surface area (Å²) in [4.78, 5) is 6.73. The van der Waals surface area contributed by atoms with Gasteiger partial charge in [0.15, 0.2) is 0 Å². The van der Waals surface area contributed by atoms with Crippen LogP contribution < -0.4 is 0 Å². The van der Waals surface area contributed by atoms with Crippen LogP contribution >= 0.6 is 0 Å². The van der Waals surface area contributed by atoms with Gasteiger partial charge in [-0.2, -0.15) is 0 Å². The molecule has 0 radical (unpaired) electrons. The topological polar surface area (TPSA) is 36.4 Å². The highest BCUT2D eigenvalue weighted by atomic mass is 16.3. The molecule has 3 aromatic rings. The van der Waals surface area contributed by atoms with Gasteiger partial charge in [-0.05, 0) is 66.2 Å². The van der Waals surface area contributed by atoms with Crippen LogP contribution in [0.15, 0.2) is 73.1 Å². The smallest absolute Gasteiger partial charge is 0.0678 e. The van der Waals surface area contributed by atoms with Crippen LogP contribution in [0.4, 0.5) is 0 Å². The lowest BCUT2D eigenvalue weighted by atomic mass is 9.72. The largest absolute Gasteiger partial charge is 0.392 e. The lowest BCUT2D eigenvalue weighted by molar-refractivity contribution is 0.0414. The van der Waals surface area contributed by atoms with Crippen LogP contribution in [0.3, 0.4) is 0 Å². The molecule has 1 aromatic heterocycles. The minimum absolute atomic E-state index is 0.0305. The van der Waals surface area contributed by atoms with Crippen molar-refractivity contribution in [1.82, 2.24) is 9.88 Å². The van der Waals surface area contributed by atoms with Gasteiger partial charge in [0.25, 0.3) is 0 Å². The number of hydrogen-bond acceptors (Lipinski definition) is 3. The zero-order valence-electron chi connectivity index (χ0n) is 16.1. The number of aliphatic hydroxyl groups is 1. The molecule has 3 heteroatoms. The molecule has 2 aliphatic rings. The second-order valence-electron chi connectivity index (χ2n) is 8.25. The van der Waals surface area contributed by atoms with Crippen molar-refractivity contribution in [2.24, 2.45) is 0 Å². The number of fused-ring (bicyclic) bond motifs is 2. The molecule has 28 heavy (non-hydrogen) atoms. The van der Waals surface area contributed by atoms with Gasteiger partial charge < -0.3 is 5.11 Å². The van der Waals surface area contributed by atoms with Crippen molar-refractivity contribution in [3.05, 3.63) is 89.7 Å². The van der Waals surface area contributed by atoms with Gasteiger partial charge in [-0.3, -0.25) is 9.88 Å². The van der Waals surface area contributed by atoms with Crippen LogP contribution in [-0.4, -0.2) is 34.2 Å². The molecule has 0 saturated carbocycles. The third-order valence-corrected chi connectivity index (χ3v) is 6.71. The van der Waals surface area contributed by atoms with Gasteiger partial charge in [-0.15, -0.1) is 0 Å². The highest BCUT2D eigenvalue weighted by Crippen LogP contribution is 2.46. The number of rotatable bonds is 3. The third kappa shape index (κ3) is 3.05. The fourth-order valence-corrected chi connectivity index (χ4v) is 5.07. The summed E-state index contributed by atoms with van der Waals surface area (Å²) in [7, 11) is 0. The van der Waals surface area contributed by atoms with Crippen molar-refractivity contribution in [1.29, 1.82) is 0 Å². The van der Waals surface area contributed by atoms with Gasteiger partial charge in [0.2, 0.25) is 0 Å². The summed E-state index contributed by atoms with van der Waals surface area (Å²) in [6.45, 7) is 3.05. The molecular formula is C25H26N2O. The van der Waals surface area contributed by atoms with E-state index in [1.54, 1.807) is 6.20 Å². The van der Waals surface area contributed by atoms with Crippen LogP contribution in [0, 0.1) is 0 Å². The fraction of sp³-hybridized carbons (Fsp3) is 0.320. The summed E-state index contributed by atoms with van der Waals surface area (Å²) >= 11 is 0. The average Bonchev–Trinajstić information content (AvgIpc) is 3.02. The molecule has 0 amide bonds. The van der Waals surface area contributed by atoms with Crippen molar-refractivity contribution in [3.63, 3.8) is 0 Å². The molecule has 142 valence electrons. The summed E-state index contributed by atoms with van der Waals surface area (Å²) in [5, 5.41) is 10.8. The van der Waals surface area contributed by atoms with Crippen molar-refractivity contribution in [2.45, 2.75) is 37.3 Å². The minimum atomic E-state index is -0.231. The van der Waals surface area contributed by atoms with Gasteiger partial charge >= 0.3 is 0 Å². The lowest BCUT2D eigenvalue weighted by Gasteiger charge is -2.42. The highest BCUT2D eigenvalue weighted by molar-refractivity contribution is 5.62. The minimum Gasteiger partial charge on any atom is -0.392 e. The first-order valence-corrected chi connectivity index (χ1v) is 10.2. The van der Waals surface area contributed by atoms with E-state index in [1.807, 2.05) is 12.3 Å². The Morgan fingerprint density at radius 1 is 0.929 bits per heavy atom. The summed E-state index contributed by atoms with van der Waals surface area (Å²) < 4.78 is 0. The SMILES string of the molecule is O[C@@H]1Cc2ccccc2C12CCN(Cc1ccc(-c3cccnc3)cc1)CC2. The quantitative estimate of drug-likeness (QED) is 0.751. The van der Waals surface area contributed by atoms with Crippen molar-refractivity contribution >= 4 is 0 Å². The Morgan fingerprint density at radius 3 is 2.46 bits per heavy atom. The third-order valence-electron chi connectivity index (χ3n) is 6.71. The van der Waals surface area contributed by atoms with E-state index in [0.29, 0.717) is 0 Å². The molecule has 1 N–H and O–H groups in total. The molecule has 2 heterocycles. The van der Waals surface area contributed by atoms with Gasteiger partial charge in [-0.1, -0.05) is 54.6 Å². The standard InChI is InChI=1S/C25H26N2O/c28-24-16-21-4-1-2-6-23(21)25(24)11-14-27(15-12-25)18-19-7-9-20(10-8-19)22-5-3-13-26-17-22/h1-10,13,17,24,28H,11-12,14-16,18H2/t24-/m1/s1. The zero-order valence-corrected chi connectivity index (χ0v) is 16.1. The number of hydrogen-bond donors (Lipinski definition) is 1. The first kappa shape index (κ1) is 17.6. The number of piperidine rings is 1. The number of aromatic nitrogens is 1. The maximum absolute atomic E-state index is 10.8. The lowest BCUT2D eigenvalue weighted by Crippen LogP contribution is -2.47. The molecule has 1 atom stereocenters. The highest BCUT2D eigenvalue weighted by Gasteiger charge is 2.47. The molecule has 1 saturated heterocycles. The molecule has 1 spiro atoms. The molecule has 1 aliphatic carbocycles. The van der Waals surface area contributed by atoms with Gasteiger partial charge in [-0.25, -0.2) is 0 Å². The Morgan fingerprint density at radius 2 is 1.71 bits per heavy atom. The van der Waals surface area contributed by atoms with Crippen LogP contribution in [0.2, 0.25) is 0 Å². The van der Waals surface area contributed by atoms with Gasteiger partial charge in [0.05, 0.1) is 6.10 Å². The Labute approximate surface area is 166 Å². The summed E-state index contributed by atoms with van der Waals surface area (Å²) in [6.07, 6.45) is 6.37. The predicted molar refractivity (Wildman–Crippen MR) is 112 cm³/mol. The molecule has 2 aromatic carbocycles. The first-order valence-electron chi connectivity index (χ1n) is 10.2. The van der Waals surface area contributed by atoms with E-state index in [2.05, 4.69) is 64.5 Å². The summed E-state index contributed by atoms with van der Waals surface area (Å²) in [5.41, 5.74) is 6.41. The van der Waals surface area contributed by atoms with E-state index in [1.165, 1.54) is 22.3 Å². The van der Waals surface area contributed by atoms with Crippen LogP contribution in [-0.2, 0) is 18.4 Å². The maximum Gasteiger partial charge on any atom is 0.0678 e. The summed E-state index contributed by atoms with van der Waals surface area (Å²) in [5.74, 6) is 0. The van der Waals surface area contributed by atoms with Gasteiger partial charge in [0.1, 0.15) is 0 Å². The van der Waals surface area contributed by atoms with Crippen molar-refractivity contribution in [2.75, 3.05) is 13.1 Å². The van der Waals surface area contributed by atoms with E-state index in [-0.39, 0.29) is 11.5 Å². The monoisotopic (exact) mass is 370 g/mol. The number of aliphatic hydroxyl groups excluding tert-OH is 1. The van der Waals surface area contributed by atoms with E-state index in [4.69, 9.17) is 0 Å². The maximum atomic E-state index is 10.8. The first-order chi connectivity index (χ1) is 13.7. The molecule has 5 rings (SSSR count). The molecule has 1 fully saturated rings. The van der Waals surface area contributed by atoms with Crippen LogP contribution in [0.5, 0.6) is 0 Å². The van der Waals surface area contributed by atoms with Gasteiger partial charge in [0, 0.05) is 24.4 Å². The predicted octanol–water partition coefficient (Wildman–Crippen LogP) is 4.20. The van der Waals surface area contributed by atoms with Crippen molar-refractivity contribution < 1.29 is 5.11 Å². The molecule has 0 bridgehead atoms. The fourth-order valence-electron chi connectivity index (χ4n) is 5.07. The van der Waals surface area contributed by atoms with E-state index in [0.717, 1.165) is 44.5 Å². The number of nitrogens with zero attached hydrogens (tertiary/aromatic N) is 2. The van der Waals surface area contributed by atoms with Crippen LogP contribution in [0.1, 0.15) is 29.5 Å². The Kier molecular flexibility index (Phi) is 4.50. The number of likely N-dealkylation sites (tertiary alicyclic amines) is 1. The van der Waals surface area contributed by atoms with E-state index >= 15 is 0 Å². The Balaban J connectivity index is 1.26. The zero-order chi connectivity index (χ0) is 19.0. The molecule has 1 aliphatic heterocycles.